The van der Waals surface area contributed by atoms with Crippen LogP contribution in [0.25, 0.3) is 10.8 Å². The lowest BCUT2D eigenvalue weighted by Gasteiger charge is -2.16. The number of rotatable bonds is 8. The fourth-order valence-corrected chi connectivity index (χ4v) is 2.89. The molecule has 0 aliphatic rings. The number of aromatic nitrogens is 2. The van der Waals surface area contributed by atoms with Crippen LogP contribution < -0.4 is 0 Å². The lowest BCUT2D eigenvalue weighted by atomic mass is 9.92. The van der Waals surface area contributed by atoms with Crippen LogP contribution in [-0.4, -0.2) is 9.97 Å². The smallest absolute Gasteiger partial charge is 0.0513 e. The summed E-state index contributed by atoms with van der Waals surface area (Å²) in [6, 6.07) is 4.16. The molecule has 0 saturated heterocycles. The highest BCUT2D eigenvalue weighted by molar-refractivity contribution is 5.83. The first kappa shape index (κ1) is 15.0. The molecule has 0 bridgehead atoms. The Kier molecular flexibility index (Phi) is 5.97. The van der Waals surface area contributed by atoms with E-state index >= 15 is 0 Å². The van der Waals surface area contributed by atoms with E-state index in [0.717, 1.165) is 0 Å². The summed E-state index contributed by atoms with van der Waals surface area (Å²) >= 11 is 0. The summed E-state index contributed by atoms with van der Waals surface area (Å²) in [6.45, 7) is 4.54. The molecule has 2 nitrogen and oxygen atoms in total. The third-order valence-electron chi connectivity index (χ3n) is 4.13. The van der Waals surface area contributed by atoms with Crippen LogP contribution in [-0.2, 0) is 0 Å². The van der Waals surface area contributed by atoms with Gasteiger partial charge in [0.1, 0.15) is 0 Å². The Morgan fingerprint density at radius 2 is 1.85 bits per heavy atom. The van der Waals surface area contributed by atoms with E-state index in [1.165, 1.54) is 61.4 Å². The van der Waals surface area contributed by atoms with Crippen LogP contribution in [0.5, 0.6) is 0 Å². The van der Waals surface area contributed by atoms with Gasteiger partial charge in [-0.05, 0) is 25.0 Å². The average Bonchev–Trinajstić information content (AvgIpc) is 2.51. The van der Waals surface area contributed by atoms with Crippen molar-refractivity contribution in [1.29, 1.82) is 0 Å². The molecule has 2 heteroatoms. The van der Waals surface area contributed by atoms with Crippen LogP contribution in [0.1, 0.15) is 70.4 Å². The van der Waals surface area contributed by atoms with Crippen LogP contribution in [0.15, 0.2) is 30.7 Å². The quantitative estimate of drug-likeness (QED) is 0.593. The summed E-state index contributed by atoms with van der Waals surface area (Å²) in [6.07, 6.45) is 14.9. The minimum atomic E-state index is 0.586. The van der Waals surface area contributed by atoms with E-state index in [1.807, 2.05) is 18.6 Å². The van der Waals surface area contributed by atoms with Gasteiger partial charge in [0.2, 0.25) is 0 Å². The summed E-state index contributed by atoms with van der Waals surface area (Å²) in [5.41, 5.74) is 1.27. The van der Waals surface area contributed by atoms with Gasteiger partial charge in [0.15, 0.2) is 0 Å². The molecule has 0 amide bonds. The van der Waals surface area contributed by atoms with Crippen molar-refractivity contribution in [2.45, 2.75) is 64.7 Å². The number of fused-ring (bicyclic) bond motifs is 1. The Morgan fingerprint density at radius 1 is 1.00 bits per heavy atom. The molecule has 0 aliphatic heterocycles. The van der Waals surface area contributed by atoms with Crippen LogP contribution in [0.2, 0.25) is 0 Å². The van der Waals surface area contributed by atoms with Gasteiger partial charge in [0.05, 0.1) is 5.69 Å². The van der Waals surface area contributed by atoms with E-state index < -0.39 is 0 Å². The molecule has 2 aromatic rings. The topological polar surface area (TPSA) is 25.8 Å². The number of nitrogens with zero attached hydrogens (tertiary/aromatic N) is 2. The highest BCUT2D eigenvalue weighted by Gasteiger charge is 2.13. The summed E-state index contributed by atoms with van der Waals surface area (Å²) in [5.74, 6) is 0.586. The predicted octanol–water partition coefficient (Wildman–Crippen LogP) is 5.48. The molecule has 0 spiro atoms. The molecule has 2 rings (SSSR count). The van der Waals surface area contributed by atoms with Crippen molar-refractivity contribution in [3.8, 4) is 0 Å². The van der Waals surface area contributed by atoms with Gasteiger partial charge in [0, 0.05) is 35.3 Å². The van der Waals surface area contributed by atoms with E-state index in [2.05, 4.69) is 35.9 Å². The van der Waals surface area contributed by atoms with Gasteiger partial charge in [-0.1, -0.05) is 46.0 Å². The molecule has 1 atom stereocenters. The average molecular weight is 270 g/mol. The fourth-order valence-electron chi connectivity index (χ4n) is 2.89. The molecule has 0 N–H and O–H groups in total. The highest BCUT2D eigenvalue weighted by Crippen LogP contribution is 2.29. The number of unbranched alkanes of at least 4 members (excludes halogenated alkanes) is 4. The van der Waals surface area contributed by atoms with Crippen molar-refractivity contribution in [3.05, 3.63) is 36.4 Å². The van der Waals surface area contributed by atoms with Crippen molar-refractivity contribution in [1.82, 2.24) is 9.97 Å². The Bertz CT molecular complexity index is 516. The zero-order chi connectivity index (χ0) is 14.2. The van der Waals surface area contributed by atoms with Crippen molar-refractivity contribution >= 4 is 10.8 Å². The molecule has 2 heterocycles. The lowest BCUT2D eigenvalue weighted by Crippen LogP contribution is -2.02. The van der Waals surface area contributed by atoms with E-state index in [-0.39, 0.29) is 0 Å². The van der Waals surface area contributed by atoms with E-state index in [0.29, 0.717) is 5.92 Å². The minimum Gasteiger partial charge on any atom is -0.264 e. The monoisotopic (exact) mass is 270 g/mol. The number of pyridine rings is 2. The maximum atomic E-state index is 4.67. The molecular formula is C18H26N2. The van der Waals surface area contributed by atoms with E-state index in [4.69, 9.17) is 0 Å². The van der Waals surface area contributed by atoms with Crippen LogP contribution >= 0.6 is 0 Å². The van der Waals surface area contributed by atoms with Gasteiger partial charge >= 0.3 is 0 Å². The molecule has 0 saturated carbocycles. The number of hydrogen-bond acceptors (Lipinski definition) is 2. The Labute approximate surface area is 122 Å². The first-order valence-electron chi connectivity index (χ1n) is 8.05. The van der Waals surface area contributed by atoms with Crippen LogP contribution in [0.4, 0.5) is 0 Å². The van der Waals surface area contributed by atoms with Crippen molar-refractivity contribution in [2.75, 3.05) is 0 Å². The van der Waals surface area contributed by atoms with E-state index in [9.17, 15) is 0 Å². The second-order valence-electron chi connectivity index (χ2n) is 5.60. The molecule has 0 radical (unpaired) electrons. The number of hydrogen-bond donors (Lipinski definition) is 0. The Hall–Kier alpha value is -1.44. The highest BCUT2D eigenvalue weighted by atomic mass is 14.7. The molecule has 20 heavy (non-hydrogen) atoms. The summed E-state index contributed by atoms with van der Waals surface area (Å²) < 4.78 is 0. The van der Waals surface area contributed by atoms with Gasteiger partial charge in [-0.2, -0.15) is 0 Å². The molecule has 1 unspecified atom stereocenters. The standard InChI is InChI=1S/C18H26N2/c1-3-5-6-7-8-9-15(4-2)18-17-11-12-19-14-16(17)10-13-20-18/h10-15H,3-9H2,1-2H3. The largest absolute Gasteiger partial charge is 0.264 e. The summed E-state index contributed by atoms with van der Waals surface area (Å²) in [4.78, 5) is 8.87. The van der Waals surface area contributed by atoms with Crippen molar-refractivity contribution < 1.29 is 0 Å². The zero-order valence-electron chi connectivity index (χ0n) is 12.8. The van der Waals surface area contributed by atoms with Gasteiger partial charge in [-0.3, -0.25) is 9.97 Å². The Balaban J connectivity index is 2.05. The van der Waals surface area contributed by atoms with Gasteiger partial charge < -0.3 is 0 Å². The van der Waals surface area contributed by atoms with Crippen molar-refractivity contribution in [2.24, 2.45) is 0 Å². The third-order valence-corrected chi connectivity index (χ3v) is 4.13. The Morgan fingerprint density at radius 3 is 2.65 bits per heavy atom. The predicted molar refractivity (Wildman–Crippen MR) is 85.9 cm³/mol. The van der Waals surface area contributed by atoms with Gasteiger partial charge in [-0.15, -0.1) is 0 Å². The van der Waals surface area contributed by atoms with Crippen LogP contribution in [0, 0.1) is 0 Å². The second-order valence-corrected chi connectivity index (χ2v) is 5.60. The lowest BCUT2D eigenvalue weighted by molar-refractivity contribution is 0.529. The molecule has 0 aromatic carbocycles. The molecule has 0 aliphatic carbocycles. The van der Waals surface area contributed by atoms with Crippen LogP contribution in [0.3, 0.4) is 0 Å². The van der Waals surface area contributed by atoms with Gasteiger partial charge in [-0.25, -0.2) is 0 Å². The summed E-state index contributed by atoms with van der Waals surface area (Å²) in [5, 5.41) is 2.49. The van der Waals surface area contributed by atoms with E-state index in [1.54, 1.807) is 0 Å². The fraction of sp³-hybridized carbons (Fsp3) is 0.556. The normalized spacial score (nSPS) is 12.7. The molecule has 2 aromatic heterocycles. The molecule has 0 fully saturated rings. The molecule has 108 valence electrons. The zero-order valence-corrected chi connectivity index (χ0v) is 12.8. The summed E-state index contributed by atoms with van der Waals surface area (Å²) in [7, 11) is 0. The molecular weight excluding hydrogens is 244 g/mol. The second kappa shape index (κ2) is 7.98. The first-order valence-corrected chi connectivity index (χ1v) is 8.05. The minimum absolute atomic E-state index is 0.586. The first-order chi connectivity index (χ1) is 9.86. The van der Waals surface area contributed by atoms with Gasteiger partial charge in [0.25, 0.3) is 0 Å². The third kappa shape index (κ3) is 3.78. The van der Waals surface area contributed by atoms with Crippen molar-refractivity contribution in [3.63, 3.8) is 0 Å². The SMILES string of the molecule is CCCCCCCC(CC)c1nccc2cnccc12. The maximum Gasteiger partial charge on any atom is 0.0513 e. The maximum absolute atomic E-state index is 4.67.